The van der Waals surface area contributed by atoms with Gasteiger partial charge in [0.2, 0.25) is 0 Å². The number of nitrogens with zero attached hydrogens (tertiary/aromatic N) is 2. The Labute approximate surface area is 238 Å². The average Bonchev–Trinajstić information content (AvgIpc) is 3.65. The summed E-state index contributed by atoms with van der Waals surface area (Å²) in [5.74, 6) is 0.727. The molecule has 2 aromatic carbocycles. The fourth-order valence-corrected chi connectivity index (χ4v) is 10.3. The third kappa shape index (κ3) is 3.84. The number of aryl methyl sites for hydroxylation is 1. The van der Waals surface area contributed by atoms with Crippen molar-refractivity contribution < 1.29 is 0 Å². The highest BCUT2D eigenvalue weighted by Gasteiger charge is 2.32. The lowest BCUT2D eigenvalue weighted by Gasteiger charge is -2.30. The molecule has 0 bridgehead atoms. The number of likely N-dealkylation sites (N-methyl/N-ethyl adjacent to an activating group) is 1. The van der Waals surface area contributed by atoms with Gasteiger partial charge in [0, 0.05) is 33.0 Å². The Morgan fingerprint density at radius 1 is 0.974 bits per heavy atom. The summed E-state index contributed by atoms with van der Waals surface area (Å²) in [5, 5.41) is 5.48. The van der Waals surface area contributed by atoms with Gasteiger partial charge in [-0.3, -0.25) is 0 Å². The van der Waals surface area contributed by atoms with Crippen LogP contribution in [0.15, 0.2) is 97.6 Å². The first-order chi connectivity index (χ1) is 18.7. The van der Waals surface area contributed by atoms with Gasteiger partial charge >= 0.3 is 0 Å². The predicted molar refractivity (Wildman–Crippen MR) is 167 cm³/mol. The largest absolute Gasteiger partial charge is 0.355 e. The molecule has 0 fully saturated rings. The normalized spacial score (nSPS) is 26.0. The second-order valence-corrected chi connectivity index (χ2v) is 14.2. The summed E-state index contributed by atoms with van der Waals surface area (Å²) in [6, 6.07) is 13.8. The lowest BCUT2D eigenvalue weighted by molar-refractivity contribution is 0.501. The van der Waals surface area contributed by atoms with Crippen LogP contribution in [0.2, 0.25) is 0 Å². The second kappa shape index (κ2) is 9.39. The van der Waals surface area contributed by atoms with Crippen LogP contribution >= 0.6 is 34.9 Å². The molecule has 5 aliphatic rings. The Morgan fingerprint density at radius 2 is 1.92 bits per heavy atom. The van der Waals surface area contributed by atoms with Crippen molar-refractivity contribution in [3.8, 4) is 0 Å². The summed E-state index contributed by atoms with van der Waals surface area (Å²) >= 11 is 5.85. The molecule has 8 rings (SSSR count). The van der Waals surface area contributed by atoms with Gasteiger partial charge in [0.05, 0.1) is 21.8 Å². The maximum Gasteiger partial charge on any atom is 0.0988 e. The van der Waals surface area contributed by atoms with Crippen molar-refractivity contribution in [2.24, 2.45) is 5.92 Å². The van der Waals surface area contributed by atoms with E-state index in [9.17, 15) is 0 Å². The number of hydrogen-bond acceptors (Lipinski definition) is 5. The minimum Gasteiger partial charge on any atom is -0.355 e. The van der Waals surface area contributed by atoms with Crippen LogP contribution in [-0.4, -0.2) is 18.5 Å². The minimum atomic E-state index is 0.389. The number of fused-ring (bicyclic) bond motifs is 4. The zero-order chi connectivity index (χ0) is 25.2. The molecule has 0 spiro atoms. The molecule has 4 heterocycles. The van der Waals surface area contributed by atoms with Crippen LogP contribution in [-0.2, 0) is 6.42 Å². The van der Waals surface area contributed by atoms with E-state index in [0.717, 1.165) is 19.0 Å². The quantitative estimate of drug-likeness (QED) is 0.319. The second-order valence-electron chi connectivity index (χ2n) is 11.0. The molecule has 2 aliphatic carbocycles. The summed E-state index contributed by atoms with van der Waals surface area (Å²) in [6.07, 6.45) is 17.6. The number of thioether (sulfide) groups is 2. The lowest BCUT2D eigenvalue weighted by atomic mass is 9.77. The van der Waals surface area contributed by atoms with Gasteiger partial charge < -0.3 is 9.80 Å². The number of para-hydroxylation sites is 1. The van der Waals surface area contributed by atoms with Crippen LogP contribution < -0.4 is 9.80 Å². The Kier molecular flexibility index (Phi) is 5.82. The molecular formula is C33H32N2S3. The minimum absolute atomic E-state index is 0.389. The molecule has 0 N–H and O–H groups in total. The maximum atomic E-state index is 2.61. The average molecular weight is 553 g/mol. The molecule has 2 nitrogen and oxygen atoms in total. The third-order valence-corrected chi connectivity index (χ3v) is 12.0. The topological polar surface area (TPSA) is 6.48 Å². The molecule has 1 aromatic heterocycles. The van der Waals surface area contributed by atoms with E-state index in [2.05, 4.69) is 82.8 Å². The number of rotatable bonds is 3. The van der Waals surface area contributed by atoms with Gasteiger partial charge in [-0.2, -0.15) is 0 Å². The van der Waals surface area contributed by atoms with Crippen LogP contribution in [0.25, 0.3) is 10.1 Å². The van der Waals surface area contributed by atoms with Crippen molar-refractivity contribution >= 4 is 56.3 Å². The molecule has 38 heavy (non-hydrogen) atoms. The van der Waals surface area contributed by atoms with Gasteiger partial charge in [0.15, 0.2) is 0 Å². The highest BCUT2D eigenvalue weighted by molar-refractivity contribution is 8.03. The monoisotopic (exact) mass is 552 g/mol. The van der Waals surface area contributed by atoms with E-state index in [1.165, 1.54) is 91.5 Å². The third-order valence-electron chi connectivity index (χ3n) is 8.82. The summed E-state index contributed by atoms with van der Waals surface area (Å²) in [4.78, 5) is 8.08. The number of anilines is 2. The molecule has 0 radical (unpaired) electrons. The van der Waals surface area contributed by atoms with E-state index in [0.29, 0.717) is 5.37 Å². The number of thiophene rings is 1. The van der Waals surface area contributed by atoms with Crippen molar-refractivity contribution in [1.82, 2.24) is 0 Å². The van der Waals surface area contributed by atoms with E-state index in [1.54, 1.807) is 5.57 Å². The van der Waals surface area contributed by atoms with Crippen LogP contribution in [0.4, 0.5) is 11.4 Å². The zero-order valence-corrected chi connectivity index (χ0v) is 24.2. The summed E-state index contributed by atoms with van der Waals surface area (Å²) in [7, 11) is 0. The van der Waals surface area contributed by atoms with Crippen LogP contribution in [0, 0.1) is 5.92 Å². The molecular weight excluding hydrogens is 521 g/mol. The van der Waals surface area contributed by atoms with Crippen molar-refractivity contribution in [3.05, 3.63) is 93.4 Å². The number of allylic oxidation sites excluding steroid dienone is 6. The maximum absolute atomic E-state index is 2.61. The molecule has 0 saturated heterocycles. The number of hydrogen-bond donors (Lipinski definition) is 0. The summed E-state index contributed by atoms with van der Waals surface area (Å²) < 4.78 is 1.40. The van der Waals surface area contributed by atoms with Crippen molar-refractivity contribution in [1.29, 1.82) is 0 Å². The van der Waals surface area contributed by atoms with Gasteiger partial charge in [0.1, 0.15) is 0 Å². The van der Waals surface area contributed by atoms with Crippen molar-refractivity contribution in [3.63, 3.8) is 0 Å². The van der Waals surface area contributed by atoms with Crippen LogP contribution in [0.1, 0.15) is 44.6 Å². The Bertz CT molecular complexity index is 1570. The fourth-order valence-electron chi connectivity index (χ4n) is 6.97. The highest BCUT2D eigenvalue weighted by atomic mass is 32.2. The molecule has 5 heteroatoms. The predicted octanol–water partition coefficient (Wildman–Crippen LogP) is 9.54. The van der Waals surface area contributed by atoms with Gasteiger partial charge in [-0.1, -0.05) is 47.8 Å². The van der Waals surface area contributed by atoms with E-state index < -0.39 is 0 Å². The molecule has 3 aliphatic heterocycles. The molecule has 2 atom stereocenters. The molecule has 0 amide bonds. The van der Waals surface area contributed by atoms with Crippen LogP contribution in [0.3, 0.4) is 0 Å². The van der Waals surface area contributed by atoms with Gasteiger partial charge in [-0.15, -0.1) is 11.3 Å². The first-order valence-corrected chi connectivity index (χ1v) is 16.7. The highest BCUT2D eigenvalue weighted by Crippen LogP contribution is 2.51. The number of benzene rings is 2. The fraction of sp³-hybridized carbons (Fsp3) is 0.333. The Balaban J connectivity index is 1.08. The van der Waals surface area contributed by atoms with E-state index in [1.807, 2.05) is 34.9 Å². The lowest BCUT2D eigenvalue weighted by Crippen LogP contribution is -2.28. The molecule has 192 valence electrons. The van der Waals surface area contributed by atoms with Gasteiger partial charge in [-0.05, 0) is 115 Å². The molecule has 2 unspecified atom stereocenters. The first-order valence-electron chi connectivity index (χ1n) is 14.1. The molecule has 3 aromatic rings. The van der Waals surface area contributed by atoms with E-state index >= 15 is 0 Å². The summed E-state index contributed by atoms with van der Waals surface area (Å²) in [6.45, 7) is 4.50. The van der Waals surface area contributed by atoms with Gasteiger partial charge in [-0.25, -0.2) is 0 Å². The SMILES string of the molecule is CCN1c2c(ccc3sccc23)SC1/C=C1/C=C2C=C(/C=C3\Sc4cccc5c4N3CCC5)CCC2CC1. The van der Waals surface area contributed by atoms with Crippen molar-refractivity contribution in [2.75, 3.05) is 22.9 Å². The van der Waals surface area contributed by atoms with E-state index in [4.69, 9.17) is 0 Å². The van der Waals surface area contributed by atoms with Crippen molar-refractivity contribution in [2.45, 2.75) is 60.6 Å². The smallest absolute Gasteiger partial charge is 0.0988 e. The van der Waals surface area contributed by atoms with E-state index in [-0.39, 0.29) is 0 Å². The standard InChI is InChI=1S/C33H32N2S3/c1-2-34-30(38-29-13-12-27-26(33(29)34)14-16-36-27)19-21-8-10-23-11-9-22(18-25(23)17-21)20-31-35-15-4-6-24-5-3-7-28(37-31)32(24)35/h3,5,7,12-14,16-20,23,30H,2,4,6,8-11,15H2,1H3/b21-19+,31-20-. The molecule has 0 saturated carbocycles. The first kappa shape index (κ1) is 23.5. The van der Waals surface area contributed by atoms with Gasteiger partial charge in [0.25, 0.3) is 0 Å². The zero-order valence-electron chi connectivity index (χ0n) is 21.8. The van der Waals surface area contributed by atoms with Crippen LogP contribution in [0.5, 0.6) is 0 Å². The Morgan fingerprint density at radius 3 is 2.87 bits per heavy atom. The summed E-state index contributed by atoms with van der Waals surface area (Å²) in [5.41, 5.74) is 9.05. The Hall–Kier alpha value is -2.34.